The first-order valence-corrected chi connectivity index (χ1v) is 12.8. The van der Waals surface area contributed by atoms with Gasteiger partial charge in [0.05, 0.1) is 19.8 Å². The number of amides is 1. The van der Waals surface area contributed by atoms with Crippen LogP contribution < -0.4 is 9.80 Å². The Morgan fingerprint density at radius 2 is 1.73 bits per heavy atom. The molecule has 0 saturated heterocycles. The lowest BCUT2D eigenvalue weighted by Crippen LogP contribution is -2.37. The standard InChI is InChI=1S/C30H32ClN3O3/c1-33(2)26-13-11-22(12-14-26)24-9-10-25(28(31)17-24)20-34(30(37)23-6-4-3-5-7-23)27-16-21(18-32-19-27)8-15-29(35)36/h8-19,23H,3-7,20H2,1-2H3,(H,35,36)/b15-8+/i20D/t20-/m1/s1. The molecule has 6 nitrogen and oxygen atoms in total. The molecule has 1 atom stereocenters. The van der Waals surface area contributed by atoms with E-state index in [4.69, 9.17) is 18.1 Å². The Morgan fingerprint density at radius 1 is 1.03 bits per heavy atom. The minimum absolute atomic E-state index is 0.134. The number of hydrogen-bond acceptors (Lipinski definition) is 4. The maximum Gasteiger partial charge on any atom is 0.328 e. The highest BCUT2D eigenvalue weighted by atomic mass is 35.5. The monoisotopic (exact) mass is 518 g/mol. The molecule has 0 radical (unpaired) electrons. The molecule has 2 aromatic carbocycles. The van der Waals surface area contributed by atoms with E-state index in [0.717, 1.165) is 55.0 Å². The first-order chi connectivity index (χ1) is 18.2. The SMILES string of the molecule is [2H][C@H](c1ccc(-c2ccc(N(C)C)cc2)cc1Cl)N(C(=O)C1CCCCC1)c1cncc(/C=C/C(=O)O)c1. The van der Waals surface area contributed by atoms with Gasteiger partial charge < -0.3 is 14.9 Å². The molecule has 37 heavy (non-hydrogen) atoms. The van der Waals surface area contributed by atoms with E-state index in [1.54, 1.807) is 12.1 Å². The summed E-state index contributed by atoms with van der Waals surface area (Å²) in [6.45, 7) is -1.09. The number of rotatable bonds is 8. The Kier molecular flexibility index (Phi) is 8.16. The number of hydrogen-bond donors (Lipinski definition) is 1. The number of aliphatic carboxylic acids is 1. The zero-order valence-corrected chi connectivity index (χ0v) is 21.9. The molecule has 1 saturated carbocycles. The predicted molar refractivity (Wildman–Crippen MR) is 150 cm³/mol. The number of benzene rings is 2. The third-order valence-corrected chi connectivity index (χ3v) is 6.95. The van der Waals surface area contributed by atoms with Crippen LogP contribution >= 0.6 is 11.6 Å². The average Bonchev–Trinajstić information content (AvgIpc) is 2.92. The molecule has 0 aliphatic heterocycles. The molecule has 1 amide bonds. The van der Waals surface area contributed by atoms with Crippen molar-refractivity contribution in [3.05, 3.63) is 83.2 Å². The van der Waals surface area contributed by atoms with Gasteiger partial charge in [-0.15, -0.1) is 0 Å². The van der Waals surface area contributed by atoms with E-state index in [9.17, 15) is 9.59 Å². The Morgan fingerprint density at radius 3 is 2.38 bits per heavy atom. The fourth-order valence-electron chi connectivity index (χ4n) is 4.55. The Bertz CT molecular complexity index is 1320. The lowest BCUT2D eigenvalue weighted by Gasteiger charge is -2.30. The van der Waals surface area contributed by atoms with Crippen LogP contribution in [0.2, 0.25) is 5.02 Å². The molecule has 4 rings (SSSR count). The van der Waals surface area contributed by atoms with Gasteiger partial charge >= 0.3 is 5.97 Å². The first-order valence-electron chi connectivity index (χ1n) is 13.0. The van der Waals surface area contributed by atoms with Crippen molar-refractivity contribution in [1.29, 1.82) is 0 Å². The highest BCUT2D eigenvalue weighted by Crippen LogP contribution is 2.32. The summed E-state index contributed by atoms with van der Waals surface area (Å²) in [5, 5.41) is 9.40. The molecule has 1 aromatic heterocycles. The summed E-state index contributed by atoms with van der Waals surface area (Å²) in [7, 11) is 3.98. The number of anilines is 2. The fourth-order valence-corrected chi connectivity index (χ4v) is 4.78. The van der Waals surface area contributed by atoms with Crippen LogP contribution in [0.5, 0.6) is 0 Å². The van der Waals surface area contributed by atoms with Crippen LogP contribution in [-0.4, -0.2) is 36.1 Å². The summed E-state index contributed by atoms with van der Waals surface area (Å²) in [4.78, 5) is 32.5. The summed E-state index contributed by atoms with van der Waals surface area (Å²) >= 11 is 6.74. The third kappa shape index (κ3) is 6.77. The molecular weight excluding hydrogens is 486 g/mol. The number of carboxylic acids is 1. The van der Waals surface area contributed by atoms with Crippen LogP contribution in [0.15, 0.2) is 67.0 Å². The summed E-state index contributed by atoms with van der Waals surface area (Å²) in [5.41, 5.74) is 4.49. The molecule has 192 valence electrons. The number of carbonyl (C=O) groups is 2. The number of aromatic nitrogens is 1. The number of halogens is 1. The van der Waals surface area contributed by atoms with Gasteiger partial charge in [0, 0.05) is 43.0 Å². The highest BCUT2D eigenvalue weighted by molar-refractivity contribution is 6.31. The minimum atomic E-state index is -1.09. The van der Waals surface area contributed by atoms with E-state index in [1.807, 2.05) is 55.4 Å². The number of nitrogens with zero attached hydrogens (tertiary/aromatic N) is 3. The molecule has 0 unspecified atom stereocenters. The molecule has 0 bridgehead atoms. The van der Waals surface area contributed by atoms with Crippen molar-refractivity contribution in [3.63, 3.8) is 0 Å². The third-order valence-electron chi connectivity index (χ3n) is 6.62. The van der Waals surface area contributed by atoms with Crippen LogP contribution in [0.25, 0.3) is 17.2 Å². The second-order valence-electron chi connectivity index (χ2n) is 9.50. The molecule has 1 fully saturated rings. The maximum atomic E-state index is 13.8. The van der Waals surface area contributed by atoms with Gasteiger partial charge in [-0.25, -0.2) is 4.79 Å². The summed E-state index contributed by atoms with van der Waals surface area (Å²) in [5.74, 6) is -1.39. The molecule has 1 aliphatic rings. The van der Waals surface area contributed by atoms with Crippen molar-refractivity contribution in [3.8, 4) is 11.1 Å². The van der Waals surface area contributed by atoms with Crippen molar-refractivity contribution >= 4 is 40.9 Å². The van der Waals surface area contributed by atoms with Crippen LogP contribution in [0.1, 0.15) is 44.6 Å². The predicted octanol–water partition coefficient (Wildman–Crippen LogP) is 6.68. The molecule has 0 spiro atoms. The summed E-state index contributed by atoms with van der Waals surface area (Å²) in [6, 6.07) is 15.4. The topological polar surface area (TPSA) is 73.7 Å². The van der Waals surface area contributed by atoms with Crippen molar-refractivity contribution in [2.75, 3.05) is 23.9 Å². The van der Waals surface area contributed by atoms with Gasteiger partial charge in [0.25, 0.3) is 0 Å². The Hall–Kier alpha value is -3.64. The zero-order valence-electron chi connectivity index (χ0n) is 22.1. The van der Waals surface area contributed by atoms with Crippen LogP contribution in [0, 0.1) is 5.92 Å². The van der Waals surface area contributed by atoms with Crippen LogP contribution in [0.4, 0.5) is 11.4 Å². The zero-order chi connectivity index (χ0) is 27.2. The number of pyridine rings is 1. The largest absolute Gasteiger partial charge is 0.478 e. The van der Waals surface area contributed by atoms with Gasteiger partial charge in [-0.2, -0.15) is 0 Å². The molecular formula is C30H32ClN3O3. The van der Waals surface area contributed by atoms with Gasteiger partial charge in [0.15, 0.2) is 0 Å². The maximum absolute atomic E-state index is 13.8. The minimum Gasteiger partial charge on any atom is -0.478 e. The number of carbonyl (C=O) groups excluding carboxylic acids is 1. The summed E-state index contributed by atoms with van der Waals surface area (Å²) in [6.07, 6.45) is 10.1. The number of carboxylic acid groups (broad SMARTS) is 1. The molecule has 1 aliphatic carbocycles. The van der Waals surface area contributed by atoms with Gasteiger partial charge in [0.2, 0.25) is 5.91 Å². The van der Waals surface area contributed by atoms with Gasteiger partial charge in [-0.05, 0) is 65.4 Å². The lowest BCUT2D eigenvalue weighted by atomic mass is 9.88. The van der Waals surface area contributed by atoms with Crippen molar-refractivity contribution in [2.24, 2.45) is 5.92 Å². The normalized spacial score (nSPS) is 15.3. The van der Waals surface area contributed by atoms with E-state index < -0.39 is 12.5 Å². The van der Waals surface area contributed by atoms with Gasteiger partial charge in [0.1, 0.15) is 0 Å². The smallest absolute Gasteiger partial charge is 0.328 e. The van der Waals surface area contributed by atoms with E-state index in [1.165, 1.54) is 23.4 Å². The van der Waals surface area contributed by atoms with Gasteiger partial charge in [-0.1, -0.05) is 55.1 Å². The fraction of sp³-hybridized carbons (Fsp3) is 0.300. The van der Waals surface area contributed by atoms with E-state index in [2.05, 4.69) is 4.98 Å². The Balaban J connectivity index is 1.69. The molecule has 1 heterocycles. The first kappa shape index (κ1) is 25.0. The van der Waals surface area contributed by atoms with Crippen molar-refractivity contribution in [1.82, 2.24) is 4.98 Å². The van der Waals surface area contributed by atoms with E-state index >= 15 is 0 Å². The van der Waals surface area contributed by atoms with Crippen molar-refractivity contribution in [2.45, 2.75) is 38.6 Å². The van der Waals surface area contributed by atoms with Crippen LogP contribution in [-0.2, 0) is 16.1 Å². The average molecular weight is 519 g/mol. The van der Waals surface area contributed by atoms with Crippen molar-refractivity contribution < 1.29 is 16.1 Å². The van der Waals surface area contributed by atoms with Crippen LogP contribution in [0.3, 0.4) is 0 Å². The molecule has 1 N–H and O–H groups in total. The second-order valence-corrected chi connectivity index (χ2v) is 9.91. The van der Waals surface area contributed by atoms with Gasteiger partial charge in [-0.3, -0.25) is 9.78 Å². The summed E-state index contributed by atoms with van der Waals surface area (Å²) < 4.78 is 9.16. The molecule has 7 heteroatoms. The van der Waals surface area contributed by atoms with E-state index in [-0.39, 0.29) is 11.8 Å². The highest BCUT2D eigenvalue weighted by Gasteiger charge is 2.28. The Labute approximate surface area is 224 Å². The van der Waals surface area contributed by atoms with E-state index in [0.29, 0.717) is 21.8 Å². The second kappa shape index (κ2) is 12.1. The lowest BCUT2D eigenvalue weighted by molar-refractivity contribution is -0.131. The molecule has 3 aromatic rings. The quantitative estimate of drug-likeness (QED) is 0.337.